The molecule has 8 heteroatoms. The molecule has 2 rings (SSSR count). The van der Waals surface area contributed by atoms with Crippen LogP contribution in [0.25, 0.3) is 0 Å². The predicted molar refractivity (Wildman–Crippen MR) is 71.7 cm³/mol. The third-order valence-corrected chi connectivity index (χ3v) is 3.30. The molecule has 3 N–H and O–H groups in total. The van der Waals surface area contributed by atoms with E-state index in [0.717, 1.165) is 12.8 Å². The van der Waals surface area contributed by atoms with Gasteiger partial charge in [0.05, 0.1) is 6.07 Å². The van der Waals surface area contributed by atoms with Crippen LogP contribution in [0.15, 0.2) is 12.4 Å². The molecule has 0 unspecified atom stereocenters. The molecular formula is C13H15N5O3. The minimum absolute atomic E-state index is 0.0628. The molecule has 0 radical (unpaired) electrons. The van der Waals surface area contributed by atoms with Gasteiger partial charge in [-0.1, -0.05) is 0 Å². The Kier molecular flexibility index (Phi) is 4.33. The van der Waals surface area contributed by atoms with Crippen LogP contribution in [0, 0.1) is 11.3 Å². The Morgan fingerprint density at radius 1 is 1.38 bits per heavy atom. The van der Waals surface area contributed by atoms with Crippen LogP contribution in [0.4, 0.5) is 5.82 Å². The number of nitriles is 1. The van der Waals surface area contributed by atoms with Gasteiger partial charge in [-0.3, -0.25) is 4.79 Å². The zero-order valence-electron chi connectivity index (χ0n) is 11.3. The normalized spacial score (nSPS) is 16.0. The molecule has 1 aromatic heterocycles. The Labute approximate surface area is 121 Å². The molecule has 0 saturated heterocycles. The van der Waals surface area contributed by atoms with Gasteiger partial charge in [0, 0.05) is 12.4 Å². The van der Waals surface area contributed by atoms with Crippen LogP contribution in [-0.2, 0) is 9.53 Å². The van der Waals surface area contributed by atoms with Crippen LogP contribution in [0.2, 0.25) is 0 Å². The molecule has 0 aliphatic heterocycles. The van der Waals surface area contributed by atoms with Crippen molar-refractivity contribution in [1.82, 2.24) is 15.3 Å². The third kappa shape index (κ3) is 3.45. The number of esters is 1. The fraction of sp³-hybridized carbons (Fsp3) is 0.462. The molecule has 0 atom stereocenters. The van der Waals surface area contributed by atoms with Gasteiger partial charge in [-0.2, -0.15) is 5.26 Å². The van der Waals surface area contributed by atoms with Gasteiger partial charge in [-0.15, -0.1) is 0 Å². The van der Waals surface area contributed by atoms with E-state index in [1.807, 2.05) is 0 Å². The highest BCUT2D eigenvalue weighted by atomic mass is 16.5. The number of hydrogen-bond donors (Lipinski definition) is 2. The Hall–Kier alpha value is -2.69. The number of anilines is 1. The van der Waals surface area contributed by atoms with Gasteiger partial charge in [0.25, 0.3) is 5.91 Å². The number of nitrogens with one attached hydrogen (secondary N) is 1. The maximum absolute atomic E-state index is 11.8. The highest BCUT2D eigenvalue weighted by Gasteiger charge is 2.35. The van der Waals surface area contributed by atoms with Crippen molar-refractivity contribution < 1.29 is 14.3 Å². The molecule has 0 aromatic carbocycles. The number of nitrogens with two attached hydrogens (primary N) is 1. The second-order valence-corrected chi connectivity index (χ2v) is 4.82. The summed E-state index contributed by atoms with van der Waals surface area (Å²) in [5.41, 5.74) is 4.51. The maximum Gasteiger partial charge on any atom is 0.361 e. The average Bonchev–Trinajstić information content (AvgIpc) is 2.94. The average molecular weight is 289 g/mol. The van der Waals surface area contributed by atoms with E-state index in [1.165, 1.54) is 12.4 Å². The summed E-state index contributed by atoms with van der Waals surface area (Å²) in [5.74, 6) is -1.41. The van der Waals surface area contributed by atoms with Crippen molar-refractivity contribution in [2.75, 3.05) is 12.3 Å². The molecule has 1 amide bonds. The van der Waals surface area contributed by atoms with Gasteiger partial charge in [-0.05, 0) is 25.7 Å². The number of nitrogens with zero attached hydrogens (tertiary/aromatic N) is 3. The summed E-state index contributed by atoms with van der Waals surface area (Å²) >= 11 is 0. The molecule has 1 fully saturated rings. The van der Waals surface area contributed by atoms with Gasteiger partial charge in [-0.25, -0.2) is 14.8 Å². The molecule has 110 valence electrons. The summed E-state index contributed by atoms with van der Waals surface area (Å²) in [5, 5.41) is 11.8. The molecule has 21 heavy (non-hydrogen) atoms. The van der Waals surface area contributed by atoms with E-state index in [0.29, 0.717) is 12.8 Å². The Bertz CT molecular complexity index is 590. The first-order valence-electron chi connectivity index (χ1n) is 6.52. The van der Waals surface area contributed by atoms with E-state index < -0.39 is 24.0 Å². The summed E-state index contributed by atoms with van der Waals surface area (Å²) in [7, 11) is 0. The van der Waals surface area contributed by atoms with Crippen LogP contribution >= 0.6 is 0 Å². The summed E-state index contributed by atoms with van der Waals surface area (Å²) in [6, 6.07) is 2.12. The molecular weight excluding hydrogens is 274 g/mol. The highest BCUT2D eigenvalue weighted by molar-refractivity contribution is 5.93. The first-order chi connectivity index (χ1) is 10.1. The van der Waals surface area contributed by atoms with Crippen molar-refractivity contribution in [2.24, 2.45) is 0 Å². The van der Waals surface area contributed by atoms with Crippen LogP contribution in [0.1, 0.15) is 36.2 Å². The summed E-state index contributed by atoms with van der Waals surface area (Å²) in [6.45, 7) is -0.488. The van der Waals surface area contributed by atoms with Crippen molar-refractivity contribution in [3.8, 4) is 6.07 Å². The van der Waals surface area contributed by atoms with Crippen molar-refractivity contribution >= 4 is 17.7 Å². The first-order valence-corrected chi connectivity index (χ1v) is 6.52. The first kappa shape index (κ1) is 14.7. The van der Waals surface area contributed by atoms with Crippen molar-refractivity contribution in [2.45, 2.75) is 31.2 Å². The van der Waals surface area contributed by atoms with Gasteiger partial charge < -0.3 is 15.8 Å². The molecule has 1 saturated carbocycles. The van der Waals surface area contributed by atoms with E-state index in [-0.39, 0.29) is 11.5 Å². The van der Waals surface area contributed by atoms with Crippen molar-refractivity contribution in [1.29, 1.82) is 5.26 Å². The SMILES string of the molecule is N#CC1(NC(=O)COC(=O)c2nccnc2N)CCCC1. The lowest BCUT2D eigenvalue weighted by molar-refractivity contribution is -0.125. The van der Waals surface area contributed by atoms with Gasteiger partial charge in [0.1, 0.15) is 5.54 Å². The van der Waals surface area contributed by atoms with E-state index in [1.54, 1.807) is 0 Å². The van der Waals surface area contributed by atoms with E-state index >= 15 is 0 Å². The van der Waals surface area contributed by atoms with Crippen LogP contribution in [0.3, 0.4) is 0 Å². The molecule has 1 aliphatic carbocycles. The molecule has 1 heterocycles. The van der Waals surface area contributed by atoms with Crippen LogP contribution in [-0.4, -0.2) is 34.0 Å². The zero-order chi connectivity index (χ0) is 15.3. The van der Waals surface area contributed by atoms with Crippen LogP contribution in [0.5, 0.6) is 0 Å². The second-order valence-electron chi connectivity index (χ2n) is 4.82. The fourth-order valence-corrected chi connectivity index (χ4v) is 2.25. The summed E-state index contributed by atoms with van der Waals surface area (Å²) in [4.78, 5) is 30.9. The maximum atomic E-state index is 11.8. The second kappa shape index (κ2) is 6.17. The van der Waals surface area contributed by atoms with Gasteiger partial charge >= 0.3 is 5.97 Å². The highest BCUT2D eigenvalue weighted by Crippen LogP contribution is 2.28. The largest absolute Gasteiger partial charge is 0.451 e. The lowest BCUT2D eigenvalue weighted by atomic mass is 10.00. The topological polar surface area (TPSA) is 131 Å². The van der Waals surface area contributed by atoms with E-state index in [4.69, 9.17) is 15.7 Å². The van der Waals surface area contributed by atoms with Crippen molar-refractivity contribution in [3.05, 3.63) is 18.1 Å². The number of hydrogen-bond acceptors (Lipinski definition) is 7. The van der Waals surface area contributed by atoms with Crippen LogP contribution < -0.4 is 11.1 Å². The number of rotatable bonds is 4. The van der Waals surface area contributed by atoms with Gasteiger partial charge in [0.2, 0.25) is 0 Å². The Morgan fingerprint density at radius 2 is 2.05 bits per heavy atom. The van der Waals surface area contributed by atoms with E-state index in [9.17, 15) is 9.59 Å². The standard InChI is InChI=1S/C13H15N5O3/c14-8-13(3-1-2-4-13)18-9(19)7-21-12(20)10-11(15)17-6-5-16-10/h5-6H,1-4,7H2,(H2,15,17)(H,18,19). The minimum Gasteiger partial charge on any atom is -0.451 e. The number of aromatic nitrogens is 2. The Balaban J connectivity index is 1.88. The molecule has 0 bridgehead atoms. The van der Waals surface area contributed by atoms with Gasteiger partial charge in [0.15, 0.2) is 18.1 Å². The fourth-order valence-electron chi connectivity index (χ4n) is 2.25. The summed E-state index contributed by atoms with van der Waals surface area (Å²) < 4.78 is 4.83. The predicted octanol–water partition coefficient (Wildman–Crippen LogP) is 0.168. The number of amides is 1. The monoisotopic (exact) mass is 289 g/mol. The summed E-state index contributed by atoms with van der Waals surface area (Å²) in [6.07, 6.45) is 5.65. The molecule has 1 aliphatic rings. The smallest absolute Gasteiger partial charge is 0.361 e. The number of carbonyl (C=O) groups is 2. The number of nitrogen functional groups attached to an aromatic ring is 1. The minimum atomic E-state index is -0.838. The number of ether oxygens (including phenoxy) is 1. The third-order valence-electron chi connectivity index (χ3n) is 3.30. The number of carbonyl (C=O) groups excluding carboxylic acids is 2. The molecule has 1 aromatic rings. The molecule has 8 nitrogen and oxygen atoms in total. The zero-order valence-corrected chi connectivity index (χ0v) is 11.3. The quantitative estimate of drug-likeness (QED) is 0.755. The molecule has 0 spiro atoms. The van der Waals surface area contributed by atoms with Crippen molar-refractivity contribution in [3.63, 3.8) is 0 Å². The lowest BCUT2D eigenvalue weighted by Gasteiger charge is -2.21. The van der Waals surface area contributed by atoms with E-state index in [2.05, 4.69) is 21.4 Å². The Morgan fingerprint density at radius 3 is 2.67 bits per heavy atom. The lowest BCUT2D eigenvalue weighted by Crippen LogP contribution is -2.46.